The minimum atomic E-state index is -0.283. The van der Waals surface area contributed by atoms with E-state index in [2.05, 4.69) is 10.2 Å². The Morgan fingerprint density at radius 1 is 1.59 bits per heavy atom. The Hall–Kier alpha value is -1.53. The van der Waals surface area contributed by atoms with Gasteiger partial charge in [-0.05, 0) is 18.6 Å². The molecule has 0 aliphatic carbocycles. The van der Waals surface area contributed by atoms with Gasteiger partial charge in [0.05, 0.1) is 0 Å². The molecule has 2 heterocycles. The van der Waals surface area contributed by atoms with Crippen LogP contribution in [0.1, 0.15) is 13.3 Å². The van der Waals surface area contributed by atoms with Gasteiger partial charge in [-0.3, -0.25) is 9.80 Å². The Morgan fingerprint density at radius 3 is 3.06 bits per heavy atom. The van der Waals surface area contributed by atoms with E-state index in [4.69, 9.17) is 11.6 Å². The molecule has 17 heavy (non-hydrogen) atoms. The highest BCUT2D eigenvalue weighted by atomic mass is 16.1. The summed E-state index contributed by atoms with van der Waals surface area (Å²) in [5.74, 6) is 6.83. The van der Waals surface area contributed by atoms with Crippen LogP contribution in [0.15, 0.2) is 24.0 Å². The third-order valence-electron chi connectivity index (χ3n) is 3.06. The highest BCUT2D eigenvalue weighted by Crippen LogP contribution is 2.19. The Morgan fingerprint density at radius 2 is 2.35 bits per heavy atom. The topological polar surface area (TPSA) is 87.6 Å². The zero-order valence-electron chi connectivity index (χ0n) is 9.97. The van der Waals surface area contributed by atoms with Gasteiger partial charge in [-0.25, -0.2) is 5.84 Å². The fourth-order valence-electron chi connectivity index (χ4n) is 2.23. The summed E-state index contributed by atoms with van der Waals surface area (Å²) in [6.45, 7) is 3.20. The highest BCUT2D eigenvalue weighted by molar-refractivity contribution is 5.73. The number of carbonyl (C=O) groups excluding carboxylic acids is 1. The molecule has 1 amide bonds. The molecule has 1 fully saturated rings. The molecule has 94 valence electrons. The largest absolute Gasteiger partial charge is 0.355 e. The number of nitrogens with zero attached hydrogens (tertiary/aromatic N) is 2. The lowest BCUT2D eigenvalue weighted by Crippen LogP contribution is -2.50. The molecule has 0 spiro atoms. The standard InChI is InChI=1S/C11H19N5O/c1-8(17)14-9-5-6-15(7-9)11-4-2-3-10(12)16(11)13/h2-4,9-10H,5-7,12-13H2,1H3,(H,14,17). The molecule has 6 heteroatoms. The predicted octanol–water partition coefficient (Wildman–Crippen LogP) is -0.931. The normalized spacial score (nSPS) is 28.3. The van der Waals surface area contributed by atoms with Crippen molar-refractivity contribution in [2.24, 2.45) is 11.6 Å². The van der Waals surface area contributed by atoms with Crippen LogP contribution in [0.25, 0.3) is 0 Å². The smallest absolute Gasteiger partial charge is 0.217 e. The first kappa shape index (κ1) is 11.9. The van der Waals surface area contributed by atoms with E-state index in [0.717, 1.165) is 25.3 Å². The Balaban J connectivity index is 1.98. The molecule has 0 radical (unpaired) electrons. The second kappa shape index (κ2) is 4.77. The molecule has 1 saturated heterocycles. The summed E-state index contributed by atoms with van der Waals surface area (Å²) in [5, 5.41) is 4.47. The molecular formula is C11H19N5O. The molecule has 0 aromatic carbocycles. The quantitative estimate of drug-likeness (QED) is 0.540. The lowest BCUT2D eigenvalue weighted by molar-refractivity contribution is -0.119. The molecule has 6 nitrogen and oxygen atoms in total. The lowest BCUT2D eigenvalue weighted by atomic mass is 10.2. The molecule has 0 saturated carbocycles. The summed E-state index contributed by atoms with van der Waals surface area (Å²) >= 11 is 0. The van der Waals surface area contributed by atoms with E-state index in [1.165, 1.54) is 6.92 Å². The van der Waals surface area contributed by atoms with Crippen LogP contribution in [0.2, 0.25) is 0 Å². The van der Waals surface area contributed by atoms with Crippen LogP contribution in [-0.4, -0.2) is 41.1 Å². The maximum Gasteiger partial charge on any atom is 0.217 e. The number of likely N-dealkylation sites (tertiary alicyclic amines) is 1. The zero-order chi connectivity index (χ0) is 12.4. The van der Waals surface area contributed by atoms with Crippen molar-refractivity contribution in [3.8, 4) is 0 Å². The van der Waals surface area contributed by atoms with Crippen LogP contribution in [0.4, 0.5) is 0 Å². The van der Waals surface area contributed by atoms with Crippen molar-refractivity contribution in [1.29, 1.82) is 0 Å². The van der Waals surface area contributed by atoms with Crippen LogP contribution >= 0.6 is 0 Å². The van der Waals surface area contributed by atoms with Crippen molar-refractivity contribution in [2.75, 3.05) is 13.1 Å². The van der Waals surface area contributed by atoms with Crippen molar-refractivity contribution in [1.82, 2.24) is 15.2 Å². The first-order valence-electron chi connectivity index (χ1n) is 5.78. The van der Waals surface area contributed by atoms with Gasteiger partial charge in [-0.2, -0.15) is 0 Å². The number of nitrogens with two attached hydrogens (primary N) is 2. The molecule has 2 rings (SSSR count). The van der Waals surface area contributed by atoms with Crippen molar-refractivity contribution in [3.63, 3.8) is 0 Å². The van der Waals surface area contributed by atoms with E-state index in [1.807, 2.05) is 18.2 Å². The molecule has 2 unspecified atom stereocenters. The summed E-state index contributed by atoms with van der Waals surface area (Å²) in [5.41, 5.74) is 5.83. The molecule has 0 aromatic heterocycles. The van der Waals surface area contributed by atoms with Gasteiger partial charge >= 0.3 is 0 Å². The number of hydrogen-bond donors (Lipinski definition) is 3. The van der Waals surface area contributed by atoms with Crippen LogP contribution in [0.5, 0.6) is 0 Å². The fraction of sp³-hybridized carbons (Fsp3) is 0.545. The molecule has 0 aromatic rings. The Bertz CT molecular complexity index is 365. The fourth-order valence-corrected chi connectivity index (χ4v) is 2.23. The number of rotatable bonds is 2. The maximum atomic E-state index is 11.0. The van der Waals surface area contributed by atoms with Gasteiger partial charge in [0.1, 0.15) is 12.0 Å². The molecule has 2 aliphatic rings. The summed E-state index contributed by atoms with van der Waals surface area (Å²) in [6.07, 6.45) is 6.35. The van der Waals surface area contributed by atoms with Crippen molar-refractivity contribution in [3.05, 3.63) is 24.0 Å². The summed E-state index contributed by atoms with van der Waals surface area (Å²) < 4.78 is 0. The van der Waals surface area contributed by atoms with Gasteiger partial charge in [-0.15, -0.1) is 0 Å². The maximum absolute atomic E-state index is 11.0. The Labute approximate surface area is 101 Å². The minimum absolute atomic E-state index is 0.00988. The second-order valence-corrected chi connectivity index (χ2v) is 4.44. The van der Waals surface area contributed by atoms with Gasteiger partial charge in [0.2, 0.25) is 5.91 Å². The SMILES string of the molecule is CC(=O)NC1CCN(C2=CC=CC(N)N2N)C1. The van der Waals surface area contributed by atoms with Crippen LogP contribution in [-0.2, 0) is 4.79 Å². The third kappa shape index (κ3) is 2.59. The first-order chi connectivity index (χ1) is 8.08. The van der Waals surface area contributed by atoms with Gasteiger partial charge in [0, 0.05) is 26.1 Å². The van der Waals surface area contributed by atoms with Crippen molar-refractivity contribution < 1.29 is 4.79 Å². The summed E-state index contributed by atoms with van der Waals surface area (Å²) in [6, 6.07) is 0.198. The number of hydrazine groups is 1. The number of carbonyl (C=O) groups is 1. The van der Waals surface area contributed by atoms with Crippen LogP contribution < -0.4 is 16.9 Å². The number of amides is 1. The molecular weight excluding hydrogens is 218 g/mol. The van der Waals surface area contributed by atoms with E-state index < -0.39 is 0 Å². The minimum Gasteiger partial charge on any atom is -0.355 e. The van der Waals surface area contributed by atoms with E-state index in [0.29, 0.717) is 0 Å². The van der Waals surface area contributed by atoms with E-state index in [-0.39, 0.29) is 18.1 Å². The molecule has 2 aliphatic heterocycles. The lowest BCUT2D eigenvalue weighted by Gasteiger charge is -2.34. The Kier molecular flexibility index (Phi) is 3.35. The van der Waals surface area contributed by atoms with E-state index in [9.17, 15) is 4.79 Å². The molecule has 2 atom stereocenters. The van der Waals surface area contributed by atoms with Crippen LogP contribution in [0.3, 0.4) is 0 Å². The van der Waals surface area contributed by atoms with Gasteiger partial charge in [0.25, 0.3) is 0 Å². The monoisotopic (exact) mass is 237 g/mol. The summed E-state index contributed by atoms with van der Waals surface area (Å²) in [7, 11) is 0. The van der Waals surface area contributed by atoms with Crippen molar-refractivity contribution in [2.45, 2.75) is 25.6 Å². The zero-order valence-corrected chi connectivity index (χ0v) is 9.97. The average Bonchev–Trinajstić information content (AvgIpc) is 2.69. The van der Waals surface area contributed by atoms with Gasteiger partial charge in [0.15, 0.2) is 0 Å². The van der Waals surface area contributed by atoms with Gasteiger partial charge < -0.3 is 16.0 Å². The van der Waals surface area contributed by atoms with E-state index >= 15 is 0 Å². The molecule has 0 bridgehead atoms. The second-order valence-electron chi connectivity index (χ2n) is 4.44. The average molecular weight is 237 g/mol. The number of allylic oxidation sites excluding steroid dienone is 2. The number of hydrogen-bond acceptors (Lipinski definition) is 5. The first-order valence-corrected chi connectivity index (χ1v) is 5.78. The third-order valence-corrected chi connectivity index (χ3v) is 3.06. The number of nitrogens with one attached hydrogen (secondary N) is 1. The highest BCUT2D eigenvalue weighted by Gasteiger charge is 2.28. The van der Waals surface area contributed by atoms with Crippen molar-refractivity contribution >= 4 is 5.91 Å². The van der Waals surface area contributed by atoms with E-state index in [1.54, 1.807) is 5.01 Å². The summed E-state index contributed by atoms with van der Waals surface area (Å²) in [4.78, 5) is 13.1. The predicted molar refractivity (Wildman–Crippen MR) is 65.0 cm³/mol. The van der Waals surface area contributed by atoms with Gasteiger partial charge in [-0.1, -0.05) is 6.08 Å². The molecule has 5 N–H and O–H groups in total. The van der Waals surface area contributed by atoms with Crippen LogP contribution in [0, 0.1) is 0 Å².